The van der Waals surface area contributed by atoms with E-state index in [4.69, 9.17) is 4.74 Å². The number of benzene rings is 2. The van der Waals surface area contributed by atoms with Crippen molar-refractivity contribution in [3.05, 3.63) is 57.6 Å². The number of phenols is 2. The van der Waals surface area contributed by atoms with Gasteiger partial charge in [-0.15, -0.1) is 0 Å². The lowest BCUT2D eigenvalue weighted by atomic mass is 9.66. The number of methoxy groups -OCH3 is 1. The Bertz CT molecular complexity index is 1210. The summed E-state index contributed by atoms with van der Waals surface area (Å²) in [6.45, 7) is 1.21. The Balaban J connectivity index is 2.02. The lowest BCUT2D eigenvalue weighted by Gasteiger charge is -2.42. The van der Waals surface area contributed by atoms with Crippen LogP contribution in [0.1, 0.15) is 74.8 Å². The third kappa shape index (κ3) is 2.93. The fourth-order valence-electron chi connectivity index (χ4n) is 4.85. The van der Waals surface area contributed by atoms with Gasteiger partial charge in [0.2, 0.25) is 5.78 Å². The van der Waals surface area contributed by atoms with Crippen LogP contribution in [0.15, 0.2) is 24.3 Å². The van der Waals surface area contributed by atoms with E-state index in [9.17, 15) is 39.6 Å². The van der Waals surface area contributed by atoms with E-state index in [0.717, 1.165) is 13.2 Å². The predicted octanol–water partition coefficient (Wildman–Crippen LogP) is 1.28. The molecule has 2 aliphatic rings. The topological polar surface area (TPSA) is 158 Å². The van der Waals surface area contributed by atoms with Gasteiger partial charge in [-0.1, -0.05) is 12.1 Å². The van der Waals surface area contributed by atoms with Crippen LogP contribution in [0, 0.1) is 0 Å². The van der Waals surface area contributed by atoms with Gasteiger partial charge in [-0.3, -0.25) is 19.2 Å². The van der Waals surface area contributed by atoms with Gasteiger partial charge in [-0.05, 0) is 24.6 Å². The van der Waals surface area contributed by atoms with Crippen LogP contribution in [0.4, 0.5) is 0 Å². The predicted molar refractivity (Wildman–Crippen MR) is 108 cm³/mol. The fourth-order valence-corrected chi connectivity index (χ4v) is 4.85. The number of carbonyl (C=O) groups is 4. The minimum absolute atomic E-state index is 0.0909. The SMILES string of the molecule is COC(=O)C1c2cc3c(c(O)c2[C@H](O)C[C@@]1(O)CC(C)=O)C(=O)c1c(O)cccc1C3=O. The molecule has 0 bridgehead atoms. The summed E-state index contributed by atoms with van der Waals surface area (Å²) >= 11 is 0. The number of carbonyl (C=O) groups excluding carboxylic acids is 4. The van der Waals surface area contributed by atoms with Crippen molar-refractivity contribution in [2.45, 2.75) is 37.4 Å². The van der Waals surface area contributed by atoms with E-state index in [-0.39, 0.29) is 27.8 Å². The summed E-state index contributed by atoms with van der Waals surface area (Å²) in [6, 6.07) is 5.11. The molecule has 0 heterocycles. The molecule has 2 aromatic rings. The van der Waals surface area contributed by atoms with Crippen LogP contribution < -0.4 is 0 Å². The molecule has 2 aliphatic carbocycles. The van der Waals surface area contributed by atoms with Crippen LogP contribution in [-0.2, 0) is 14.3 Å². The smallest absolute Gasteiger partial charge is 0.316 e. The molecule has 0 spiro atoms. The Morgan fingerprint density at radius 1 is 1.12 bits per heavy atom. The van der Waals surface area contributed by atoms with E-state index in [1.54, 1.807) is 0 Å². The van der Waals surface area contributed by atoms with Gasteiger partial charge in [-0.25, -0.2) is 0 Å². The molecule has 4 rings (SSSR count). The zero-order valence-corrected chi connectivity index (χ0v) is 17.2. The maximum absolute atomic E-state index is 13.1. The maximum Gasteiger partial charge on any atom is 0.316 e. The van der Waals surface area contributed by atoms with E-state index in [2.05, 4.69) is 0 Å². The summed E-state index contributed by atoms with van der Waals surface area (Å²) in [6.07, 6.45) is -2.52. The molecule has 0 aromatic heterocycles. The van der Waals surface area contributed by atoms with Gasteiger partial charge in [0.1, 0.15) is 23.2 Å². The minimum Gasteiger partial charge on any atom is -0.507 e. The highest BCUT2D eigenvalue weighted by molar-refractivity contribution is 6.30. The zero-order chi connectivity index (χ0) is 23.5. The first-order valence-corrected chi connectivity index (χ1v) is 9.80. The number of aliphatic hydroxyl groups excluding tert-OH is 1. The minimum atomic E-state index is -2.04. The van der Waals surface area contributed by atoms with Crippen LogP contribution in [0.25, 0.3) is 0 Å². The molecule has 0 amide bonds. The highest BCUT2D eigenvalue weighted by atomic mass is 16.5. The molecule has 3 atom stereocenters. The Morgan fingerprint density at radius 3 is 2.44 bits per heavy atom. The molecule has 4 N–H and O–H groups in total. The Labute approximate surface area is 181 Å². The monoisotopic (exact) mass is 440 g/mol. The summed E-state index contributed by atoms with van der Waals surface area (Å²) in [7, 11) is 1.08. The average molecular weight is 440 g/mol. The summed E-state index contributed by atoms with van der Waals surface area (Å²) in [5.74, 6) is -5.56. The van der Waals surface area contributed by atoms with Crippen molar-refractivity contribution in [1.29, 1.82) is 0 Å². The van der Waals surface area contributed by atoms with Gasteiger partial charge in [0, 0.05) is 29.5 Å². The summed E-state index contributed by atoms with van der Waals surface area (Å²) in [4.78, 5) is 50.7. The molecule has 0 radical (unpaired) electrons. The third-order valence-corrected chi connectivity index (χ3v) is 6.08. The largest absolute Gasteiger partial charge is 0.507 e. The van der Waals surface area contributed by atoms with Crippen LogP contribution in [0.5, 0.6) is 11.5 Å². The summed E-state index contributed by atoms with van der Waals surface area (Å²) < 4.78 is 4.80. The number of aliphatic hydroxyl groups is 2. The van der Waals surface area contributed by atoms with Gasteiger partial charge < -0.3 is 25.2 Å². The molecule has 1 unspecified atom stereocenters. The molecule has 166 valence electrons. The molecular formula is C23H20O9. The van der Waals surface area contributed by atoms with E-state index in [1.807, 2.05) is 0 Å². The number of hydrogen-bond acceptors (Lipinski definition) is 9. The van der Waals surface area contributed by atoms with Gasteiger partial charge in [0.05, 0.1) is 29.9 Å². The van der Waals surface area contributed by atoms with Gasteiger partial charge in [-0.2, -0.15) is 0 Å². The number of ether oxygens (including phenoxy) is 1. The standard InChI is InChI=1S/C23H20O9/c1-9(24)7-23(31)8-14(26)16-11(18(23)22(30)32-2)6-12-17(21(16)29)20(28)15-10(19(12)27)4-3-5-13(15)25/h3-6,14,18,25-26,29,31H,7-8H2,1-2H3/t14-,18?,23+/m1/s1. The van der Waals surface area contributed by atoms with E-state index < -0.39 is 70.8 Å². The van der Waals surface area contributed by atoms with Gasteiger partial charge in [0.15, 0.2) is 5.78 Å². The molecule has 9 heteroatoms. The first-order chi connectivity index (χ1) is 15.0. The molecule has 32 heavy (non-hydrogen) atoms. The van der Waals surface area contributed by atoms with E-state index in [1.165, 1.54) is 25.1 Å². The second-order valence-corrected chi connectivity index (χ2v) is 8.17. The van der Waals surface area contributed by atoms with Crippen molar-refractivity contribution in [3.63, 3.8) is 0 Å². The molecular weight excluding hydrogens is 420 g/mol. The van der Waals surface area contributed by atoms with Crippen LogP contribution in [0.2, 0.25) is 0 Å². The van der Waals surface area contributed by atoms with Crippen molar-refractivity contribution < 1.29 is 44.3 Å². The number of fused-ring (bicyclic) bond motifs is 3. The lowest BCUT2D eigenvalue weighted by molar-refractivity contribution is -0.154. The van der Waals surface area contributed by atoms with Gasteiger partial charge in [0.25, 0.3) is 0 Å². The number of ketones is 3. The van der Waals surface area contributed by atoms with E-state index in [0.29, 0.717) is 0 Å². The average Bonchev–Trinajstić information content (AvgIpc) is 2.70. The summed E-state index contributed by atoms with van der Waals surface area (Å²) in [5.41, 5.74) is -3.40. The highest BCUT2D eigenvalue weighted by Crippen LogP contribution is 2.52. The Kier molecular flexibility index (Phi) is 4.91. The van der Waals surface area contributed by atoms with E-state index >= 15 is 0 Å². The van der Waals surface area contributed by atoms with Crippen molar-refractivity contribution in [2.75, 3.05) is 7.11 Å². The highest BCUT2D eigenvalue weighted by Gasteiger charge is 2.52. The molecule has 0 fully saturated rings. The first-order valence-electron chi connectivity index (χ1n) is 9.80. The molecule has 0 aliphatic heterocycles. The number of phenolic OH excluding ortho intramolecular Hbond substituents is 2. The van der Waals surface area contributed by atoms with Crippen molar-refractivity contribution in [2.24, 2.45) is 0 Å². The van der Waals surface area contributed by atoms with Crippen LogP contribution in [-0.4, -0.2) is 56.5 Å². The number of esters is 1. The number of rotatable bonds is 3. The summed E-state index contributed by atoms with van der Waals surface area (Å²) in [5, 5.41) is 43.0. The zero-order valence-electron chi connectivity index (χ0n) is 17.2. The lowest BCUT2D eigenvalue weighted by Crippen LogP contribution is -2.47. The number of hydrogen-bond donors (Lipinski definition) is 4. The molecule has 0 saturated carbocycles. The van der Waals surface area contributed by atoms with Crippen molar-refractivity contribution in [3.8, 4) is 11.5 Å². The van der Waals surface area contributed by atoms with Crippen LogP contribution in [0.3, 0.4) is 0 Å². The second-order valence-electron chi connectivity index (χ2n) is 8.17. The maximum atomic E-state index is 13.1. The Morgan fingerprint density at radius 2 is 1.81 bits per heavy atom. The third-order valence-electron chi connectivity index (χ3n) is 6.08. The van der Waals surface area contributed by atoms with Crippen molar-refractivity contribution >= 4 is 23.3 Å². The number of Topliss-reactive ketones (excluding diaryl/α,β-unsaturated/α-hetero) is 1. The van der Waals surface area contributed by atoms with Crippen LogP contribution >= 0.6 is 0 Å². The van der Waals surface area contributed by atoms with Gasteiger partial charge >= 0.3 is 5.97 Å². The van der Waals surface area contributed by atoms with Crippen molar-refractivity contribution in [1.82, 2.24) is 0 Å². The first kappa shape index (κ1) is 21.7. The molecule has 9 nitrogen and oxygen atoms in total. The quantitative estimate of drug-likeness (QED) is 0.440. The fraction of sp³-hybridized carbons (Fsp3) is 0.304. The molecule has 2 aromatic carbocycles. The normalized spacial score (nSPS) is 23.8. The second kappa shape index (κ2) is 7.25. The molecule has 0 saturated heterocycles. The number of aromatic hydroxyl groups is 2. The Hall–Kier alpha value is -3.56.